The highest BCUT2D eigenvalue weighted by atomic mass is 35.5. The molecule has 0 unspecified atom stereocenters. The van der Waals surface area contributed by atoms with Crippen molar-refractivity contribution in [2.45, 2.75) is 20.0 Å². The van der Waals surface area contributed by atoms with Gasteiger partial charge >= 0.3 is 0 Å². The molecule has 0 saturated heterocycles. The number of fused-ring (bicyclic) bond motifs is 1. The molecule has 0 saturated carbocycles. The van der Waals surface area contributed by atoms with Crippen LogP contribution in [0.3, 0.4) is 0 Å². The number of rotatable bonds is 12. The van der Waals surface area contributed by atoms with Crippen LogP contribution < -0.4 is 14.8 Å². The number of methoxy groups -OCH3 is 1. The topological polar surface area (TPSA) is 81.1 Å². The summed E-state index contributed by atoms with van der Waals surface area (Å²) in [5.74, 6) is 1.53. The first-order chi connectivity index (χ1) is 18.8. The standard InChI is InChI=1S/C29H31ClFN5O3/c1-19(35-39-17-21-6-9-22(31)14-25(21)30)20-7-10-23(11-8-20)34-29-24-15-27(37-4)28(16-26(24)32-18-33-29)38-13-5-12-36(2)3/h6-11,14-16,18H,5,12-13,17H2,1-4H3,(H,32,33,34)/b35-19+. The summed E-state index contributed by atoms with van der Waals surface area (Å²) >= 11 is 6.04. The number of anilines is 2. The summed E-state index contributed by atoms with van der Waals surface area (Å²) in [5, 5.41) is 8.63. The zero-order chi connectivity index (χ0) is 27.8. The van der Waals surface area contributed by atoms with Crippen LogP contribution in [-0.4, -0.2) is 54.9 Å². The molecule has 0 atom stereocenters. The number of nitrogens with zero attached hydrogens (tertiary/aromatic N) is 4. The van der Waals surface area contributed by atoms with Gasteiger partial charge in [-0.2, -0.15) is 0 Å². The molecule has 8 nitrogen and oxygen atoms in total. The Bertz CT molecular complexity index is 1450. The quantitative estimate of drug-likeness (QED) is 0.123. The molecule has 4 aromatic rings. The normalized spacial score (nSPS) is 11.6. The first-order valence-corrected chi connectivity index (χ1v) is 12.8. The van der Waals surface area contributed by atoms with Gasteiger partial charge in [0.25, 0.3) is 0 Å². The summed E-state index contributed by atoms with van der Waals surface area (Å²) in [5.41, 5.74) is 3.82. The van der Waals surface area contributed by atoms with E-state index in [0.717, 1.165) is 35.1 Å². The van der Waals surface area contributed by atoms with Crippen molar-refractivity contribution in [2.24, 2.45) is 5.16 Å². The molecule has 0 spiro atoms. The maximum absolute atomic E-state index is 13.2. The molecule has 39 heavy (non-hydrogen) atoms. The highest BCUT2D eigenvalue weighted by Crippen LogP contribution is 2.35. The fourth-order valence-corrected chi connectivity index (χ4v) is 4.04. The zero-order valence-electron chi connectivity index (χ0n) is 22.4. The van der Waals surface area contributed by atoms with Crippen molar-refractivity contribution in [3.8, 4) is 11.5 Å². The Balaban J connectivity index is 1.43. The lowest BCUT2D eigenvalue weighted by atomic mass is 10.1. The van der Waals surface area contributed by atoms with Gasteiger partial charge in [-0.1, -0.05) is 35.0 Å². The SMILES string of the molecule is COc1cc2c(Nc3ccc(/C(C)=N/OCc4ccc(F)cc4Cl)cc3)ncnc2cc1OCCCN(C)C. The van der Waals surface area contributed by atoms with Crippen molar-refractivity contribution in [3.05, 3.63) is 82.9 Å². The fourth-order valence-electron chi connectivity index (χ4n) is 3.82. The zero-order valence-corrected chi connectivity index (χ0v) is 23.1. The summed E-state index contributed by atoms with van der Waals surface area (Å²) < 4.78 is 24.8. The summed E-state index contributed by atoms with van der Waals surface area (Å²) in [6, 6.07) is 15.6. The van der Waals surface area contributed by atoms with Gasteiger partial charge < -0.3 is 24.5 Å². The molecule has 0 bridgehead atoms. The van der Waals surface area contributed by atoms with Crippen LogP contribution in [0.25, 0.3) is 10.9 Å². The number of benzene rings is 3. The molecule has 0 radical (unpaired) electrons. The third kappa shape index (κ3) is 7.55. The molecule has 1 heterocycles. The lowest BCUT2D eigenvalue weighted by Crippen LogP contribution is -2.15. The van der Waals surface area contributed by atoms with Crippen LogP contribution in [0.1, 0.15) is 24.5 Å². The smallest absolute Gasteiger partial charge is 0.163 e. The maximum Gasteiger partial charge on any atom is 0.163 e. The van der Waals surface area contributed by atoms with Crippen molar-refractivity contribution < 1.29 is 18.7 Å². The van der Waals surface area contributed by atoms with Crippen LogP contribution in [0.5, 0.6) is 11.5 Å². The summed E-state index contributed by atoms with van der Waals surface area (Å²) in [6.45, 7) is 3.51. The van der Waals surface area contributed by atoms with Gasteiger partial charge in [-0.05, 0) is 63.3 Å². The predicted octanol–water partition coefficient (Wildman–Crippen LogP) is 6.45. The van der Waals surface area contributed by atoms with Crippen LogP contribution in [-0.2, 0) is 11.4 Å². The minimum Gasteiger partial charge on any atom is -0.493 e. The molecule has 0 aliphatic rings. The molecule has 0 fully saturated rings. The number of hydrogen-bond acceptors (Lipinski definition) is 8. The van der Waals surface area contributed by atoms with Crippen LogP contribution in [0, 0.1) is 5.82 Å². The highest BCUT2D eigenvalue weighted by Gasteiger charge is 2.12. The van der Waals surface area contributed by atoms with E-state index in [4.69, 9.17) is 25.9 Å². The molecule has 0 amide bonds. The second-order valence-electron chi connectivity index (χ2n) is 9.14. The van der Waals surface area contributed by atoms with Crippen molar-refractivity contribution in [1.29, 1.82) is 0 Å². The Morgan fingerprint density at radius 3 is 2.56 bits per heavy atom. The average molecular weight is 552 g/mol. The Morgan fingerprint density at radius 1 is 1.05 bits per heavy atom. The molecule has 0 aliphatic carbocycles. The first-order valence-electron chi connectivity index (χ1n) is 12.4. The van der Waals surface area contributed by atoms with Crippen LogP contribution in [0.4, 0.5) is 15.9 Å². The molecular weight excluding hydrogens is 521 g/mol. The molecule has 1 N–H and O–H groups in total. The van der Waals surface area contributed by atoms with E-state index in [1.807, 2.05) is 57.4 Å². The molecule has 204 valence electrons. The van der Waals surface area contributed by atoms with E-state index in [1.165, 1.54) is 18.5 Å². The van der Waals surface area contributed by atoms with Gasteiger partial charge in [-0.15, -0.1) is 0 Å². The Hall–Kier alpha value is -3.95. The largest absolute Gasteiger partial charge is 0.493 e. The average Bonchev–Trinajstić information content (AvgIpc) is 2.92. The molecule has 0 aliphatic heterocycles. The van der Waals surface area contributed by atoms with Gasteiger partial charge in [-0.25, -0.2) is 14.4 Å². The first kappa shape index (κ1) is 28.1. The summed E-state index contributed by atoms with van der Waals surface area (Å²) in [7, 11) is 5.69. The molecule has 4 rings (SSSR count). The van der Waals surface area contributed by atoms with Gasteiger partial charge in [0.05, 0.1) is 30.0 Å². The number of halogens is 2. The number of nitrogens with one attached hydrogen (secondary N) is 1. The van der Waals surface area contributed by atoms with Gasteiger partial charge in [0.15, 0.2) is 11.5 Å². The Morgan fingerprint density at radius 2 is 1.85 bits per heavy atom. The van der Waals surface area contributed by atoms with Crippen LogP contribution in [0.15, 0.2) is 66.1 Å². The minimum atomic E-state index is -0.392. The van der Waals surface area contributed by atoms with Crippen LogP contribution >= 0.6 is 11.6 Å². The van der Waals surface area contributed by atoms with Gasteiger partial charge in [-0.3, -0.25) is 0 Å². The Labute approximate surface area is 232 Å². The van der Waals surface area contributed by atoms with E-state index in [0.29, 0.717) is 40.2 Å². The summed E-state index contributed by atoms with van der Waals surface area (Å²) in [6.07, 6.45) is 2.42. The van der Waals surface area contributed by atoms with Crippen molar-refractivity contribution in [2.75, 3.05) is 39.7 Å². The molecule has 3 aromatic carbocycles. The second kappa shape index (κ2) is 13.2. The van der Waals surface area contributed by atoms with Crippen molar-refractivity contribution >= 4 is 39.7 Å². The van der Waals surface area contributed by atoms with Gasteiger partial charge in [0.1, 0.15) is 24.6 Å². The van der Waals surface area contributed by atoms with E-state index in [2.05, 4.69) is 25.3 Å². The molecular formula is C29H31ClFN5O3. The summed E-state index contributed by atoms with van der Waals surface area (Å²) in [4.78, 5) is 16.4. The van der Waals surface area contributed by atoms with E-state index < -0.39 is 5.82 Å². The second-order valence-corrected chi connectivity index (χ2v) is 9.54. The number of hydrogen-bond donors (Lipinski definition) is 1. The minimum absolute atomic E-state index is 0.142. The third-order valence-corrected chi connectivity index (χ3v) is 6.28. The fraction of sp³-hybridized carbons (Fsp3) is 0.276. The molecule has 1 aromatic heterocycles. The number of oxime groups is 1. The van der Waals surface area contributed by atoms with Gasteiger partial charge in [0, 0.05) is 29.2 Å². The lowest BCUT2D eigenvalue weighted by molar-refractivity contribution is 0.130. The van der Waals surface area contributed by atoms with Crippen molar-refractivity contribution in [3.63, 3.8) is 0 Å². The Kier molecular flexibility index (Phi) is 9.51. The maximum atomic E-state index is 13.2. The monoisotopic (exact) mass is 551 g/mol. The number of ether oxygens (including phenoxy) is 2. The van der Waals surface area contributed by atoms with Crippen molar-refractivity contribution in [1.82, 2.24) is 14.9 Å². The van der Waals surface area contributed by atoms with E-state index in [-0.39, 0.29) is 6.61 Å². The molecule has 10 heteroatoms. The third-order valence-electron chi connectivity index (χ3n) is 5.93. The lowest BCUT2D eigenvalue weighted by Gasteiger charge is -2.15. The van der Waals surface area contributed by atoms with E-state index in [1.54, 1.807) is 13.2 Å². The van der Waals surface area contributed by atoms with Crippen LogP contribution in [0.2, 0.25) is 5.02 Å². The highest BCUT2D eigenvalue weighted by molar-refractivity contribution is 6.31. The van der Waals surface area contributed by atoms with Gasteiger partial charge in [0.2, 0.25) is 0 Å². The predicted molar refractivity (Wildman–Crippen MR) is 153 cm³/mol. The number of aromatic nitrogens is 2. The van der Waals surface area contributed by atoms with E-state index >= 15 is 0 Å². The van der Waals surface area contributed by atoms with E-state index in [9.17, 15) is 4.39 Å².